The van der Waals surface area contributed by atoms with Gasteiger partial charge in [-0.3, -0.25) is 9.59 Å². The molecule has 194 valence electrons. The maximum absolute atomic E-state index is 13.6. The molecule has 1 atom stereocenters. The SMILES string of the molecule is O=C(N[C@H](CCCO)c1nc(-c2c[nH]c3ncccc23)cs1)c1cccn(Cc2ccc(F)c(F)c2)c1=O. The molecule has 0 fully saturated rings. The average molecular weight is 536 g/mol. The Kier molecular flexibility index (Phi) is 7.38. The molecule has 0 radical (unpaired) electrons. The maximum Gasteiger partial charge on any atom is 0.263 e. The summed E-state index contributed by atoms with van der Waals surface area (Å²) >= 11 is 1.37. The third-order valence-corrected chi connectivity index (χ3v) is 7.06. The van der Waals surface area contributed by atoms with Gasteiger partial charge in [0.2, 0.25) is 0 Å². The Morgan fingerprint density at radius 1 is 1.18 bits per heavy atom. The molecule has 0 saturated carbocycles. The van der Waals surface area contributed by atoms with Gasteiger partial charge >= 0.3 is 0 Å². The lowest BCUT2D eigenvalue weighted by atomic mass is 10.1. The fourth-order valence-corrected chi connectivity index (χ4v) is 5.10. The summed E-state index contributed by atoms with van der Waals surface area (Å²) < 4.78 is 28.1. The van der Waals surface area contributed by atoms with Crippen LogP contribution in [0.4, 0.5) is 8.78 Å². The van der Waals surface area contributed by atoms with E-state index in [1.54, 1.807) is 12.3 Å². The number of aromatic amines is 1. The van der Waals surface area contributed by atoms with Crippen LogP contribution < -0.4 is 10.9 Å². The zero-order valence-electron chi connectivity index (χ0n) is 20.0. The molecule has 38 heavy (non-hydrogen) atoms. The van der Waals surface area contributed by atoms with Crippen molar-refractivity contribution in [3.63, 3.8) is 0 Å². The first kappa shape index (κ1) is 25.4. The number of hydrogen-bond acceptors (Lipinski definition) is 6. The second-order valence-corrected chi connectivity index (χ2v) is 9.56. The number of aliphatic hydroxyl groups excluding tert-OH is 1. The van der Waals surface area contributed by atoms with E-state index in [0.717, 1.165) is 34.4 Å². The number of thiazole rings is 1. The molecule has 0 unspecified atom stereocenters. The fourth-order valence-electron chi connectivity index (χ4n) is 4.20. The molecule has 0 aliphatic heterocycles. The first-order valence-corrected chi connectivity index (χ1v) is 12.8. The lowest BCUT2D eigenvalue weighted by Gasteiger charge is -2.16. The summed E-state index contributed by atoms with van der Waals surface area (Å²) in [6, 6.07) is 9.61. The molecular formula is C27H23F2N5O3S. The Morgan fingerprint density at radius 3 is 2.87 bits per heavy atom. The molecule has 0 bridgehead atoms. The van der Waals surface area contributed by atoms with Crippen molar-refractivity contribution in [3.8, 4) is 11.3 Å². The predicted molar refractivity (Wildman–Crippen MR) is 140 cm³/mol. The quantitative estimate of drug-likeness (QED) is 0.259. The number of aliphatic hydroxyl groups is 1. The molecule has 8 nitrogen and oxygen atoms in total. The van der Waals surface area contributed by atoms with Crippen LogP contribution in [0.5, 0.6) is 0 Å². The molecule has 1 amide bonds. The number of H-pyrrole nitrogens is 1. The second kappa shape index (κ2) is 11.0. The van der Waals surface area contributed by atoms with E-state index in [1.807, 2.05) is 23.7 Å². The minimum atomic E-state index is -1.01. The molecule has 4 aromatic heterocycles. The number of carbonyl (C=O) groups excluding carboxylic acids is 1. The van der Waals surface area contributed by atoms with Gasteiger partial charge in [0.15, 0.2) is 11.6 Å². The van der Waals surface area contributed by atoms with Gasteiger partial charge < -0.3 is 20.0 Å². The molecule has 0 aliphatic rings. The lowest BCUT2D eigenvalue weighted by molar-refractivity contribution is 0.0930. The number of amides is 1. The number of hydrogen-bond donors (Lipinski definition) is 3. The summed E-state index contributed by atoms with van der Waals surface area (Å²) in [5, 5.41) is 15.7. The van der Waals surface area contributed by atoms with Crippen LogP contribution in [0.2, 0.25) is 0 Å². The number of benzene rings is 1. The van der Waals surface area contributed by atoms with Crippen molar-refractivity contribution < 1.29 is 18.7 Å². The van der Waals surface area contributed by atoms with Crippen molar-refractivity contribution in [3.05, 3.63) is 105 Å². The van der Waals surface area contributed by atoms with Crippen LogP contribution >= 0.6 is 11.3 Å². The van der Waals surface area contributed by atoms with Crippen LogP contribution in [-0.4, -0.2) is 37.1 Å². The van der Waals surface area contributed by atoms with E-state index in [-0.39, 0.29) is 18.7 Å². The van der Waals surface area contributed by atoms with E-state index < -0.39 is 29.1 Å². The van der Waals surface area contributed by atoms with Crippen molar-refractivity contribution in [2.75, 3.05) is 6.61 Å². The van der Waals surface area contributed by atoms with Gasteiger partial charge in [-0.1, -0.05) is 6.07 Å². The standard InChI is InChI=1S/C27H23F2N5O3S/c28-20-8-7-16(12-21(20)29)14-34-10-2-5-18(27(34)37)25(36)32-22(6-3-11-35)26-33-23(15-38-26)19-13-31-24-17(19)4-1-9-30-24/h1-2,4-5,7-10,12-13,15,22,35H,3,6,11,14H2,(H,30,31)(H,32,36)/t22-/m1/s1. The summed E-state index contributed by atoms with van der Waals surface area (Å²) in [7, 11) is 0. The second-order valence-electron chi connectivity index (χ2n) is 8.67. The van der Waals surface area contributed by atoms with Crippen LogP contribution in [0.15, 0.2) is 71.2 Å². The zero-order valence-corrected chi connectivity index (χ0v) is 20.8. The van der Waals surface area contributed by atoms with E-state index in [1.165, 1.54) is 34.2 Å². The van der Waals surface area contributed by atoms with Crippen LogP contribution in [0.1, 0.15) is 39.8 Å². The minimum absolute atomic E-state index is 0.0274. The van der Waals surface area contributed by atoms with Crippen molar-refractivity contribution in [1.29, 1.82) is 0 Å². The van der Waals surface area contributed by atoms with Gasteiger partial charge in [0.05, 0.1) is 18.3 Å². The van der Waals surface area contributed by atoms with Gasteiger partial charge in [-0.2, -0.15) is 0 Å². The first-order valence-electron chi connectivity index (χ1n) is 11.9. The smallest absolute Gasteiger partial charge is 0.263 e. The fraction of sp³-hybridized carbons (Fsp3) is 0.185. The van der Waals surface area contributed by atoms with E-state index in [2.05, 4.69) is 15.3 Å². The Bertz CT molecular complexity index is 1660. The summed E-state index contributed by atoms with van der Waals surface area (Å²) in [5.41, 5.74) is 2.07. The number of carbonyl (C=O) groups is 1. The van der Waals surface area contributed by atoms with E-state index in [4.69, 9.17) is 4.98 Å². The molecular weight excluding hydrogens is 512 g/mol. The lowest BCUT2D eigenvalue weighted by Crippen LogP contribution is -2.35. The Labute approximate surface area is 219 Å². The molecule has 5 rings (SSSR count). The van der Waals surface area contributed by atoms with Crippen molar-refractivity contribution in [2.45, 2.75) is 25.4 Å². The molecule has 11 heteroatoms. The number of nitrogens with one attached hydrogen (secondary N) is 2. The third kappa shape index (κ3) is 5.24. The normalized spacial score (nSPS) is 12.1. The minimum Gasteiger partial charge on any atom is -0.396 e. The number of rotatable bonds is 9. The number of fused-ring (bicyclic) bond motifs is 1. The topological polar surface area (TPSA) is 113 Å². The van der Waals surface area contributed by atoms with Crippen molar-refractivity contribution in [1.82, 2.24) is 24.8 Å². The molecule has 4 heterocycles. The Hall–Kier alpha value is -4.22. The first-order chi connectivity index (χ1) is 18.4. The maximum atomic E-state index is 13.6. The molecule has 5 aromatic rings. The number of pyridine rings is 2. The highest BCUT2D eigenvalue weighted by atomic mass is 32.1. The highest BCUT2D eigenvalue weighted by Crippen LogP contribution is 2.31. The zero-order chi connectivity index (χ0) is 26.6. The molecule has 0 aliphatic carbocycles. The molecule has 3 N–H and O–H groups in total. The monoisotopic (exact) mass is 535 g/mol. The van der Waals surface area contributed by atoms with Gasteiger partial charge in [0.1, 0.15) is 16.2 Å². The van der Waals surface area contributed by atoms with Crippen molar-refractivity contribution >= 4 is 28.3 Å². The molecule has 1 aromatic carbocycles. The van der Waals surface area contributed by atoms with E-state index in [9.17, 15) is 23.5 Å². The van der Waals surface area contributed by atoms with E-state index >= 15 is 0 Å². The molecule has 0 saturated heterocycles. The molecule has 0 spiro atoms. The highest BCUT2D eigenvalue weighted by molar-refractivity contribution is 7.10. The van der Waals surface area contributed by atoms with Crippen molar-refractivity contribution in [2.24, 2.45) is 0 Å². The Morgan fingerprint density at radius 2 is 2.05 bits per heavy atom. The van der Waals surface area contributed by atoms with Gasteiger partial charge in [0, 0.05) is 41.5 Å². The van der Waals surface area contributed by atoms with Gasteiger partial charge in [-0.15, -0.1) is 11.3 Å². The number of nitrogens with zero attached hydrogens (tertiary/aromatic N) is 3. The van der Waals surface area contributed by atoms with Crippen LogP contribution in [0.25, 0.3) is 22.3 Å². The highest BCUT2D eigenvalue weighted by Gasteiger charge is 2.22. The summed E-state index contributed by atoms with van der Waals surface area (Å²) in [6.07, 6.45) is 5.85. The summed E-state index contributed by atoms with van der Waals surface area (Å²) in [5.74, 6) is -2.58. The van der Waals surface area contributed by atoms with E-state index in [0.29, 0.717) is 23.4 Å². The average Bonchev–Trinajstić information content (AvgIpc) is 3.57. The number of halogens is 2. The van der Waals surface area contributed by atoms with Crippen LogP contribution in [0, 0.1) is 11.6 Å². The third-order valence-electron chi connectivity index (χ3n) is 6.11. The number of aromatic nitrogens is 4. The van der Waals surface area contributed by atoms with Gasteiger partial charge in [-0.25, -0.2) is 18.7 Å². The predicted octanol–water partition coefficient (Wildman–Crippen LogP) is 4.42. The summed E-state index contributed by atoms with van der Waals surface area (Å²) in [4.78, 5) is 38.4. The van der Waals surface area contributed by atoms with Crippen LogP contribution in [0.3, 0.4) is 0 Å². The Balaban J connectivity index is 1.38. The van der Waals surface area contributed by atoms with Gasteiger partial charge in [-0.05, 0) is 54.8 Å². The van der Waals surface area contributed by atoms with Gasteiger partial charge in [0.25, 0.3) is 11.5 Å². The van der Waals surface area contributed by atoms with Crippen LogP contribution in [-0.2, 0) is 6.54 Å². The summed E-state index contributed by atoms with van der Waals surface area (Å²) in [6.45, 7) is -0.0918. The largest absolute Gasteiger partial charge is 0.396 e.